The zero-order valence-electron chi connectivity index (χ0n) is 18.4. The summed E-state index contributed by atoms with van der Waals surface area (Å²) in [6, 6.07) is 4.96. The summed E-state index contributed by atoms with van der Waals surface area (Å²) in [4.78, 5) is 49.3. The first-order chi connectivity index (χ1) is 15.3. The summed E-state index contributed by atoms with van der Waals surface area (Å²) in [7, 11) is 1.68. The zero-order chi connectivity index (χ0) is 23.5. The number of nitrogens with zero attached hydrogens (tertiary/aromatic N) is 2. The summed E-state index contributed by atoms with van der Waals surface area (Å²) in [5, 5.41) is 22.9. The lowest BCUT2D eigenvalue weighted by molar-refractivity contribution is -0.384. The van der Waals surface area contributed by atoms with Gasteiger partial charge in [0, 0.05) is 38.1 Å². The third-order valence-electron chi connectivity index (χ3n) is 5.57. The number of non-ortho nitro benzene ring substituents is 1. The van der Waals surface area contributed by atoms with Gasteiger partial charge in [-0.1, -0.05) is 24.3 Å². The fraction of sp³-hybridized carbons (Fsp3) is 0.522. The number of nitrogens with one attached hydrogen (secondary N) is 1. The number of carbonyl (C=O) groups is 3. The number of carbonyl (C=O) groups excluding carboxylic acids is 2. The number of hydrogen-bond donors (Lipinski definition) is 2. The molecule has 0 spiro atoms. The average Bonchev–Trinajstić information content (AvgIpc) is 2.75. The van der Waals surface area contributed by atoms with E-state index in [1.807, 2.05) is 0 Å². The first-order valence-corrected chi connectivity index (χ1v) is 10.9. The number of likely N-dealkylation sites (N-methyl/N-ethyl adjacent to an activating group) is 1. The summed E-state index contributed by atoms with van der Waals surface area (Å²) in [6.45, 7) is 0.540. The smallest absolute Gasteiger partial charge is 0.304 e. The predicted molar refractivity (Wildman–Crippen MR) is 119 cm³/mol. The Morgan fingerprint density at radius 3 is 2.44 bits per heavy atom. The number of rotatable bonds is 5. The Balaban J connectivity index is 2.24. The highest BCUT2D eigenvalue weighted by Gasteiger charge is 2.29. The Morgan fingerprint density at radius 2 is 1.81 bits per heavy atom. The molecular formula is C23H31N3O6. The minimum Gasteiger partial charge on any atom is -0.481 e. The minimum atomic E-state index is -1.06. The zero-order valence-corrected chi connectivity index (χ0v) is 18.4. The largest absolute Gasteiger partial charge is 0.481 e. The monoisotopic (exact) mass is 445 g/mol. The third-order valence-corrected chi connectivity index (χ3v) is 5.57. The summed E-state index contributed by atoms with van der Waals surface area (Å²) >= 11 is 0. The molecule has 0 aromatic heterocycles. The molecule has 2 rings (SSSR count). The predicted octanol–water partition coefficient (Wildman–Crippen LogP) is 3.08. The standard InChI is InChI=1S/C23H31N3O6/c1-25-14-8-6-4-2-3-5-7-9-18(16-21(27)28)22(29)24-20(23(25)30)15-17-10-12-19(13-11-17)26(31)32/h2-3,10-13,18,20H,4-9,14-16H2,1H3,(H,24,29)(H,27,28). The van der Waals surface area contributed by atoms with Gasteiger partial charge in [0.15, 0.2) is 0 Å². The highest BCUT2D eigenvalue weighted by Crippen LogP contribution is 2.17. The SMILES string of the molecule is CN1CCCCC=CCCCC(CC(=O)O)C(=O)NC(Cc2ccc([N+](=O)[O-])cc2)C1=O. The maximum atomic E-state index is 13.1. The van der Waals surface area contributed by atoms with Gasteiger partial charge in [0.1, 0.15) is 6.04 Å². The quantitative estimate of drug-likeness (QED) is 0.407. The Labute approximate surface area is 187 Å². The maximum Gasteiger partial charge on any atom is 0.304 e. The Morgan fingerprint density at radius 1 is 1.16 bits per heavy atom. The van der Waals surface area contributed by atoms with Crippen LogP contribution in [0.1, 0.15) is 50.5 Å². The van der Waals surface area contributed by atoms with Crippen molar-refractivity contribution < 1.29 is 24.4 Å². The van der Waals surface area contributed by atoms with Crippen molar-refractivity contribution in [2.75, 3.05) is 13.6 Å². The van der Waals surface area contributed by atoms with Gasteiger partial charge in [0.25, 0.3) is 5.69 Å². The maximum absolute atomic E-state index is 13.1. The van der Waals surface area contributed by atoms with Gasteiger partial charge in [0.2, 0.25) is 11.8 Å². The molecule has 1 aliphatic rings. The highest BCUT2D eigenvalue weighted by molar-refractivity contribution is 5.90. The average molecular weight is 446 g/mol. The molecule has 2 N–H and O–H groups in total. The molecule has 1 heterocycles. The van der Waals surface area contributed by atoms with E-state index < -0.39 is 28.8 Å². The van der Waals surface area contributed by atoms with Crippen molar-refractivity contribution in [2.24, 2.45) is 5.92 Å². The van der Waals surface area contributed by atoms with Gasteiger partial charge >= 0.3 is 5.97 Å². The molecule has 32 heavy (non-hydrogen) atoms. The van der Waals surface area contributed by atoms with E-state index in [4.69, 9.17) is 0 Å². The number of benzene rings is 1. The third kappa shape index (κ3) is 8.13. The lowest BCUT2D eigenvalue weighted by atomic mass is 9.96. The van der Waals surface area contributed by atoms with Crippen LogP contribution in [0, 0.1) is 16.0 Å². The number of carboxylic acid groups (broad SMARTS) is 1. The van der Waals surface area contributed by atoms with Crippen LogP contribution >= 0.6 is 0 Å². The van der Waals surface area contributed by atoms with Crippen molar-refractivity contribution >= 4 is 23.5 Å². The number of aliphatic carboxylic acids is 1. The topological polar surface area (TPSA) is 130 Å². The van der Waals surface area contributed by atoms with Gasteiger partial charge in [-0.25, -0.2) is 0 Å². The molecule has 2 unspecified atom stereocenters. The van der Waals surface area contributed by atoms with Crippen LogP contribution in [0.2, 0.25) is 0 Å². The van der Waals surface area contributed by atoms with Crippen molar-refractivity contribution in [3.05, 3.63) is 52.1 Å². The molecule has 0 saturated carbocycles. The van der Waals surface area contributed by atoms with Crippen LogP contribution in [0.5, 0.6) is 0 Å². The van der Waals surface area contributed by atoms with E-state index in [-0.39, 0.29) is 24.4 Å². The molecule has 2 atom stereocenters. The second-order valence-electron chi connectivity index (χ2n) is 8.14. The number of carboxylic acids is 1. The second kappa shape index (κ2) is 12.6. The fourth-order valence-corrected chi connectivity index (χ4v) is 3.72. The van der Waals surface area contributed by atoms with Crippen molar-refractivity contribution in [1.82, 2.24) is 10.2 Å². The van der Waals surface area contributed by atoms with Crippen LogP contribution in [-0.2, 0) is 20.8 Å². The van der Waals surface area contributed by atoms with E-state index in [0.717, 1.165) is 25.7 Å². The van der Waals surface area contributed by atoms with E-state index in [0.29, 0.717) is 24.9 Å². The first-order valence-electron chi connectivity index (χ1n) is 10.9. The molecule has 9 heteroatoms. The summed E-state index contributed by atoms with van der Waals surface area (Å²) in [5.74, 6) is -2.52. The normalized spacial score (nSPS) is 21.3. The highest BCUT2D eigenvalue weighted by atomic mass is 16.6. The van der Waals surface area contributed by atoms with Gasteiger partial charge < -0.3 is 15.3 Å². The molecule has 1 aliphatic heterocycles. The molecule has 1 aromatic carbocycles. The van der Waals surface area contributed by atoms with Crippen molar-refractivity contribution in [3.8, 4) is 0 Å². The van der Waals surface area contributed by atoms with E-state index in [2.05, 4.69) is 17.5 Å². The van der Waals surface area contributed by atoms with Gasteiger partial charge in [-0.2, -0.15) is 0 Å². The summed E-state index contributed by atoms with van der Waals surface area (Å²) in [6.07, 6.45) is 8.55. The molecule has 0 aliphatic carbocycles. The molecule has 0 bridgehead atoms. The number of hydrogen-bond acceptors (Lipinski definition) is 5. The van der Waals surface area contributed by atoms with E-state index in [9.17, 15) is 29.6 Å². The molecular weight excluding hydrogens is 414 g/mol. The summed E-state index contributed by atoms with van der Waals surface area (Å²) < 4.78 is 0. The minimum absolute atomic E-state index is 0.0570. The van der Waals surface area contributed by atoms with Crippen molar-refractivity contribution in [3.63, 3.8) is 0 Å². The van der Waals surface area contributed by atoms with Crippen LogP contribution < -0.4 is 5.32 Å². The molecule has 0 fully saturated rings. The van der Waals surface area contributed by atoms with Gasteiger partial charge in [0.05, 0.1) is 11.3 Å². The molecule has 1 aromatic rings. The molecule has 0 radical (unpaired) electrons. The van der Waals surface area contributed by atoms with Crippen LogP contribution in [0.25, 0.3) is 0 Å². The van der Waals surface area contributed by atoms with Gasteiger partial charge in [-0.05, 0) is 44.1 Å². The Kier molecular flexibility index (Phi) is 9.84. The van der Waals surface area contributed by atoms with E-state index in [1.165, 1.54) is 12.1 Å². The van der Waals surface area contributed by atoms with E-state index >= 15 is 0 Å². The van der Waals surface area contributed by atoms with Crippen molar-refractivity contribution in [1.29, 1.82) is 0 Å². The van der Waals surface area contributed by atoms with Crippen LogP contribution in [0.3, 0.4) is 0 Å². The number of nitro benzene ring substituents is 1. The van der Waals surface area contributed by atoms with Crippen molar-refractivity contribution in [2.45, 2.75) is 57.4 Å². The lowest BCUT2D eigenvalue weighted by Gasteiger charge is -2.26. The molecule has 0 saturated heterocycles. The van der Waals surface area contributed by atoms with Gasteiger partial charge in [-0.3, -0.25) is 24.5 Å². The number of allylic oxidation sites excluding steroid dienone is 2. The van der Waals surface area contributed by atoms with Crippen LogP contribution in [0.15, 0.2) is 36.4 Å². The van der Waals surface area contributed by atoms with E-state index in [1.54, 1.807) is 24.1 Å². The Hall–Kier alpha value is -3.23. The molecule has 2 amide bonds. The number of amides is 2. The van der Waals surface area contributed by atoms with Gasteiger partial charge in [-0.15, -0.1) is 0 Å². The lowest BCUT2D eigenvalue weighted by Crippen LogP contribution is -2.50. The fourth-order valence-electron chi connectivity index (χ4n) is 3.72. The van der Waals surface area contributed by atoms with Crippen LogP contribution in [-0.4, -0.2) is 52.3 Å². The number of nitro groups is 1. The Bertz CT molecular complexity index is 837. The molecule has 174 valence electrons. The first kappa shape index (κ1) is 25.0. The summed E-state index contributed by atoms with van der Waals surface area (Å²) in [5.41, 5.74) is 0.609. The van der Waals surface area contributed by atoms with Crippen LogP contribution in [0.4, 0.5) is 5.69 Å². The second-order valence-corrected chi connectivity index (χ2v) is 8.14. The molecule has 9 nitrogen and oxygen atoms in total.